The van der Waals surface area contributed by atoms with Gasteiger partial charge in [-0.2, -0.15) is 0 Å². The zero-order chi connectivity index (χ0) is 12.1. The SMILES string of the molecule is CCC1COCCN1c1ccccc1CCN. The molecule has 2 rings (SSSR count). The number of morpholine rings is 1. The third-order valence-electron chi connectivity index (χ3n) is 3.41. The van der Waals surface area contributed by atoms with Gasteiger partial charge in [-0.1, -0.05) is 25.1 Å². The van der Waals surface area contributed by atoms with Crippen LogP contribution in [0.3, 0.4) is 0 Å². The molecule has 2 N–H and O–H groups in total. The van der Waals surface area contributed by atoms with E-state index >= 15 is 0 Å². The van der Waals surface area contributed by atoms with E-state index in [4.69, 9.17) is 10.5 Å². The van der Waals surface area contributed by atoms with Crippen molar-refractivity contribution in [2.24, 2.45) is 5.73 Å². The number of hydrogen-bond donors (Lipinski definition) is 1. The van der Waals surface area contributed by atoms with Crippen LogP contribution >= 0.6 is 0 Å². The van der Waals surface area contributed by atoms with E-state index in [9.17, 15) is 0 Å². The van der Waals surface area contributed by atoms with Gasteiger partial charge in [-0.05, 0) is 31.0 Å². The van der Waals surface area contributed by atoms with Gasteiger partial charge in [0.1, 0.15) is 0 Å². The second kappa shape index (κ2) is 6.03. The lowest BCUT2D eigenvalue weighted by Gasteiger charge is -2.38. The summed E-state index contributed by atoms with van der Waals surface area (Å²) < 4.78 is 5.56. The molecule has 17 heavy (non-hydrogen) atoms. The first-order valence-corrected chi connectivity index (χ1v) is 6.49. The quantitative estimate of drug-likeness (QED) is 0.863. The van der Waals surface area contributed by atoms with Gasteiger partial charge in [0.05, 0.1) is 19.3 Å². The maximum Gasteiger partial charge on any atom is 0.0670 e. The molecule has 1 atom stereocenters. The van der Waals surface area contributed by atoms with E-state index in [1.165, 1.54) is 11.3 Å². The van der Waals surface area contributed by atoms with E-state index in [0.29, 0.717) is 12.6 Å². The van der Waals surface area contributed by atoms with Crippen molar-refractivity contribution in [3.05, 3.63) is 29.8 Å². The van der Waals surface area contributed by atoms with Crippen molar-refractivity contribution in [1.29, 1.82) is 0 Å². The maximum atomic E-state index is 5.68. The zero-order valence-corrected chi connectivity index (χ0v) is 10.6. The summed E-state index contributed by atoms with van der Waals surface area (Å²) in [6, 6.07) is 9.10. The normalized spacial score (nSPS) is 20.6. The minimum absolute atomic E-state index is 0.502. The van der Waals surface area contributed by atoms with E-state index < -0.39 is 0 Å². The first-order valence-electron chi connectivity index (χ1n) is 6.49. The number of para-hydroxylation sites is 1. The number of hydrogen-bond acceptors (Lipinski definition) is 3. The van der Waals surface area contributed by atoms with Gasteiger partial charge >= 0.3 is 0 Å². The molecule has 0 amide bonds. The molecule has 1 saturated heterocycles. The van der Waals surface area contributed by atoms with Crippen LogP contribution in [0.25, 0.3) is 0 Å². The van der Waals surface area contributed by atoms with Gasteiger partial charge in [0.25, 0.3) is 0 Å². The molecule has 0 aliphatic carbocycles. The van der Waals surface area contributed by atoms with Gasteiger partial charge in [-0.25, -0.2) is 0 Å². The molecule has 1 aliphatic rings. The molecule has 0 spiro atoms. The van der Waals surface area contributed by atoms with Gasteiger partial charge in [0.2, 0.25) is 0 Å². The highest BCUT2D eigenvalue weighted by Crippen LogP contribution is 2.25. The predicted molar refractivity (Wildman–Crippen MR) is 71.4 cm³/mol. The lowest BCUT2D eigenvalue weighted by atomic mass is 10.1. The first kappa shape index (κ1) is 12.4. The molecule has 1 aromatic carbocycles. The molecule has 1 heterocycles. The summed E-state index contributed by atoms with van der Waals surface area (Å²) in [5.74, 6) is 0. The van der Waals surface area contributed by atoms with Crippen LogP contribution in [0, 0.1) is 0 Å². The van der Waals surface area contributed by atoms with Crippen molar-refractivity contribution in [1.82, 2.24) is 0 Å². The Kier molecular flexibility index (Phi) is 4.40. The summed E-state index contributed by atoms with van der Waals surface area (Å²) in [4.78, 5) is 2.48. The summed E-state index contributed by atoms with van der Waals surface area (Å²) in [6.45, 7) is 5.58. The second-order valence-electron chi connectivity index (χ2n) is 4.50. The molecule has 1 fully saturated rings. The average Bonchev–Trinajstić information content (AvgIpc) is 2.40. The van der Waals surface area contributed by atoms with Crippen LogP contribution in [-0.2, 0) is 11.2 Å². The fourth-order valence-corrected chi connectivity index (χ4v) is 2.47. The molecule has 0 aromatic heterocycles. The van der Waals surface area contributed by atoms with Crippen LogP contribution in [0.1, 0.15) is 18.9 Å². The molecule has 0 saturated carbocycles. The van der Waals surface area contributed by atoms with Crippen molar-refractivity contribution >= 4 is 5.69 Å². The maximum absolute atomic E-state index is 5.68. The van der Waals surface area contributed by atoms with Gasteiger partial charge in [0, 0.05) is 12.2 Å². The van der Waals surface area contributed by atoms with Gasteiger partial charge < -0.3 is 15.4 Å². The highest BCUT2D eigenvalue weighted by molar-refractivity contribution is 5.55. The van der Waals surface area contributed by atoms with Crippen LogP contribution in [0.5, 0.6) is 0 Å². The lowest BCUT2D eigenvalue weighted by Crippen LogP contribution is -2.45. The Labute approximate surface area is 104 Å². The zero-order valence-electron chi connectivity index (χ0n) is 10.6. The summed E-state index contributed by atoms with van der Waals surface area (Å²) in [5, 5.41) is 0. The van der Waals surface area contributed by atoms with Crippen LogP contribution in [0.15, 0.2) is 24.3 Å². The first-order chi connectivity index (χ1) is 8.36. The topological polar surface area (TPSA) is 38.5 Å². The highest BCUT2D eigenvalue weighted by Gasteiger charge is 2.22. The third-order valence-corrected chi connectivity index (χ3v) is 3.41. The molecular weight excluding hydrogens is 212 g/mol. The standard InChI is InChI=1S/C14H22N2O/c1-2-13-11-17-10-9-16(13)14-6-4-3-5-12(14)7-8-15/h3-6,13H,2,7-11,15H2,1H3. The molecule has 1 aliphatic heterocycles. The van der Waals surface area contributed by atoms with E-state index in [1.807, 2.05) is 0 Å². The molecule has 3 nitrogen and oxygen atoms in total. The van der Waals surface area contributed by atoms with Crippen LogP contribution in [0.2, 0.25) is 0 Å². The van der Waals surface area contributed by atoms with Gasteiger partial charge in [-0.15, -0.1) is 0 Å². The van der Waals surface area contributed by atoms with E-state index in [0.717, 1.165) is 32.6 Å². The summed E-state index contributed by atoms with van der Waals surface area (Å²) in [7, 11) is 0. The molecule has 0 bridgehead atoms. The smallest absolute Gasteiger partial charge is 0.0670 e. The van der Waals surface area contributed by atoms with Crippen molar-refractivity contribution in [2.75, 3.05) is 31.2 Å². The molecular formula is C14H22N2O. The number of benzene rings is 1. The molecule has 0 radical (unpaired) electrons. The number of nitrogens with two attached hydrogens (primary N) is 1. The Morgan fingerprint density at radius 3 is 3.00 bits per heavy atom. The molecule has 1 unspecified atom stereocenters. The van der Waals surface area contributed by atoms with Crippen LogP contribution in [-0.4, -0.2) is 32.3 Å². The monoisotopic (exact) mass is 234 g/mol. The Balaban J connectivity index is 2.24. The Bertz CT molecular complexity index is 354. The second-order valence-corrected chi connectivity index (χ2v) is 4.50. The van der Waals surface area contributed by atoms with E-state index in [-0.39, 0.29) is 0 Å². The van der Waals surface area contributed by atoms with E-state index in [1.54, 1.807) is 0 Å². The minimum atomic E-state index is 0.502. The molecule has 94 valence electrons. The Morgan fingerprint density at radius 1 is 1.41 bits per heavy atom. The number of rotatable bonds is 4. The number of nitrogens with zero attached hydrogens (tertiary/aromatic N) is 1. The van der Waals surface area contributed by atoms with Crippen molar-refractivity contribution in [3.63, 3.8) is 0 Å². The summed E-state index contributed by atoms with van der Waals surface area (Å²) in [5.41, 5.74) is 8.38. The van der Waals surface area contributed by atoms with Crippen molar-refractivity contribution in [3.8, 4) is 0 Å². The van der Waals surface area contributed by atoms with Gasteiger partial charge in [-0.3, -0.25) is 0 Å². The van der Waals surface area contributed by atoms with Crippen molar-refractivity contribution < 1.29 is 4.74 Å². The number of anilines is 1. The lowest BCUT2D eigenvalue weighted by molar-refractivity contribution is 0.0929. The molecule has 1 aromatic rings. The minimum Gasteiger partial charge on any atom is -0.377 e. The van der Waals surface area contributed by atoms with E-state index in [2.05, 4.69) is 36.1 Å². The summed E-state index contributed by atoms with van der Waals surface area (Å²) >= 11 is 0. The Morgan fingerprint density at radius 2 is 2.24 bits per heavy atom. The average molecular weight is 234 g/mol. The largest absolute Gasteiger partial charge is 0.377 e. The Hall–Kier alpha value is -1.06. The predicted octanol–water partition coefficient (Wildman–Crippen LogP) is 1.80. The van der Waals surface area contributed by atoms with Crippen LogP contribution in [0.4, 0.5) is 5.69 Å². The molecule has 3 heteroatoms. The van der Waals surface area contributed by atoms with Crippen molar-refractivity contribution in [2.45, 2.75) is 25.8 Å². The fraction of sp³-hybridized carbons (Fsp3) is 0.571. The number of ether oxygens (including phenoxy) is 1. The fourth-order valence-electron chi connectivity index (χ4n) is 2.47. The third kappa shape index (κ3) is 2.79. The van der Waals surface area contributed by atoms with Gasteiger partial charge in [0.15, 0.2) is 0 Å². The highest BCUT2D eigenvalue weighted by atomic mass is 16.5. The van der Waals surface area contributed by atoms with Crippen LogP contribution < -0.4 is 10.6 Å². The summed E-state index contributed by atoms with van der Waals surface area (Å²) in [6.07, 6.45) is 2.07.